The third-order valence-electron chi connectivity index (χ3n) is 4.66. The second-order valence-electron chi connectivity index (χ2n) is 6.76. The summed E-state index contributed by atoms with van der Waals surface area (Å²) in [5.41, 5.74) is 0. The SMILES string of the molecule is CN(C)[C@@H]1CN(C(=O)c2cccs2)C[C@@H]2CCCO[C@@H]21.O=C(O)C(F)(F)F. The third kappa shape index (κ3) is 5.66. The molecule has 0 saturated carbocycles. The van der Waals surface area contributed by atoms with Crippen LogP contribution in [0.25, 0.3) is 0 Å². The molecule has 3 rings (SSSR count). The number of carbonyl (C=O) groups excluding carboxylic acids is 1. The van der Waals surface area contributed by atoms with Gasteiger partial charge in [0.05, 0.1) is 17.0 Å². The van der Waals surface area contributed by atoms with Crippen LogP contribution >= 0.6 is 11.3 Å². The Hall–Kier alpha value is -1.65. The van der Waals surface area contributed by atoms with Crippen LogP contribution in [0.2, 0.25) is 0 Å². The molecule has 2 saturated heterocycles. The van der Waals surface area contributed by atoms with E-state index in [0.29, 0.717) is 12.0 Å². The Kier molecular flexibility index (Phi) is 7.24. The predicted molar refractivity (Wildman–Crippen MR) is 93.9 cm³/mol. The van der Waals surface area contributed by atoms with Crippen molar-refractivity contribution in [3.8, 4) is 0 Å². The number of aliphatic carboxylic acids is 1. The van der Waals surface area contributed by atoms with Gasteiger partial charge in [0.2, 0.25) is 0 Å². The van der Waals surface area contributed by atoms with E-state index in [1.165, 1.54) is 17.8 Å². The van der Waals surface area contributed by atoms with E-state index >= 15 is 0 Å². The van der Waals surface area contributed by atoms with Gasteiger partial charge in [0.15, 0.2) is 0 Å². The van der Waals surface area contributed by atoms with Crippen molar-refractivity contribution in [3.63, 3.8) is 0 Å². The molecule has 1 aromatic rings. The van der Waals surface area contributed by atoms with Crippen LogP contribution in [0.1, 0.15) is 22.5 Å². The highest BCUT2D eigenvalue weighted by atomic mass is 32.1. The maximum Gasteiger partial charge on any atom is 0.490 e. The summed E-state index contributed by atoms with van der Waals surface area (Å²) in [4.78, 5) is 26.5. The number of ether oxygens (including phenoxy) is 1. The number of amides is 1. The van der Waals surface area contributed by atoms with E-state index in [1.54, 1.807) is 0 Å². The fourth-order valence-electron chi connectivity index (χ4n) is 3.35. The van der Waals surface area contributed by atoms with Gasteiger partial charge >= 0.3 is 12.1 Å². The molecule has 27 heavy (non-hydrogen) atoms. The number of piperidine rings is 1. The standard InChI is InChI=1S/C15H22N2O2S.C2HF3O2/c1-16(2)12-10-17(15(18)13-6-4-8-20-13)9-11-5-3-7-19-14(11)12;3-2(4,5)1(6)7/h4,6,8,11-12,14H,3,5,7,9-10H2,1-2H3;(H,6,7)/t11-,12+,14-;/m0./s1. The molecule has 6 nitrogen and oxygen atoms in total. The predicted octanol–water partition coefficient (Wildman–Crippen LogP) is 2.56. The summed E-state index contributed by atoms with van der Waals surface area (Å²) in [6.45, 7) is 2.47. The molecular formula is C17H23F3N2O4S. The largest absolute Gasteiger partial charge is 0.490 e. The number of likely N-dealkylation sites (N-methyl/N-ethyl adjacent to an activating group) is 1. The molecule has 0 spiro atoms. The number of alkyl halides is 3. The zero-order valence-electron chi connectivity index (χ0n) is 15.1. The monoisotopic (exact) mass is 408 g/mol. The van der Waals surface area contributed by atoms with Crippen molar-refractivity contribution in [3.05, 3.63) is 22.4 Å². The van der Waals surface area contributed by atoms with Gasteiger partial charge in [-0.25, -0.2) is 4.79 Å². The van der Waals surface area contributed by atoms with Crippen molar-refractivity contribution in [1.82, 2.24) is 9.80 Å². The summed E-state index contributed by atoms with van der Waals surface area (Å²) in [6.07, 6.45) is -2.52. The van der Waals surface area contributed by atoms with Gasteiger partial charge in [-0.3, -0.25) is 4.79 Å². The van der Waals surface area contributed by atoms with Crippen LogP contribution in [-0.2, 0) is 9.53 Å². The summed E-state index contributed by atoms with van der Waals surface area (Å²) in [5.74, 6) is -2.10. The maximum absolute atomic E-state index is 12.6. The molecule has 0 bridgehead atoms. The van der Waals surface area contributed by atoms with Crippen molar-refractivity contribution in [1.29, 1.82) is 0 Å². The first-order valence-corrected chi connectivity index (χ1v) is 9.40. The smallest absolute Gasteiger partial charge is 0.475 e. The number of fused-ring (bicyclic) bond motifs is 1. The van der Waals surface area contributed by atoms with Crippen LogP contribution < -0.4 is 0 Å². The highest BCUT2D eigenvalue weighted by Crippen LogP contribution is 2.31. The van der Waals surface area contributed by atoms with Crippen LogP contribution in [0.5, 0.6) is 0 Å². The van der Waals surface area contributed by atoms with E-state index in [1.807, 2.05) is 22.4 Å². The number of carboxylic acid groups (broad SMARTS) is 1. The Morgan fingerprint density at radius 1 is 1.33 bits per heavy atom. The molecule has 1 aromatic heterocycles. The number of hydrogen-bond acceptors (Lipinski definition) is 5. The Morgan fingerprint density at radius 3 is 2.52 bits per heavy atom. The number of hydrogen-bond donors (Lipinski definition) is 1. The van der Waals surface area contributed by atoms with Crippen molar-refractivity contribution in [2.24, 2.45) is 5.92 Å². The van der Waals surface area contributed by atoms with Crippen molar-refractivity contribution < 1.29 is 32.6 Å². The average Bonchev–Trinajstić information content (AvgIpc) is 3.14. The lowest BCUT2D eigenvalue weighted by molar-refractivity contribution is -0.192. The fraction of sp³-hybridized carbons (Fsp3) is 0.647. The molecule has 3 atom stereocenters. The summed E-state index contributed by atoms with van der Waals surface area (Å²) in [5, 5.41) is 9.09. The van der Waals surface area contributed by atoms with Gasteiger partial charge in [0.1, 0.15) is 0 Å². The van der Waals surface area contributed by atoms with Gasteiger partial charge in [-0.05, 0) is 38.4 Å². The summed E-state index contributed by atoms with van der Waals surface area (Å²) in [6, 6.07) is 4.16. The summed E-state index contributed by atoms with van der Waals surface area (Å²) >= 11 is 1.53. The molecule has 0 unspecified atom stereocenters. The van der Waals surface area contributed by atoms with E-state index in [-0.39, 0.29) is 12.0 Å². The van der Waals surface area contributed by atoms with E-state index in [4.69, 9.17) is 14.6 Å². The topological polar surface area (TPSA) is 70.1 Å². The highest BCUT2D eigenvalue weighted by molar-refractivity contribution is 7.12. The van der Waals surface area contributed by atoms with E-state index in [9.17, 15) is 18.0 Å². The number of carboxylic acids is 1. The van der Waals surface area contributed by atoms with Crippen LogP contribution in [-0.4, -0.2) is 78.9 Å². The molecular weight excluding hydrogens is 385 g/mol. The first-order chi connectivity index (χ1) is 12.6. The minimum Gasteiger partial charge on any atom is -0.475 e. The molecule has 10 heteroatoms. The minimum atomic E-state index is -5.08. The molecule has 152 valence electrons. The Bertz CT molecular complexity index is 637. The van der Waals surface area contributed by atoms with Crippen molar-refractivity contribution in [2.45, 2.75) is 31.2 Å². The first kappa shape index (κ1) is 21.6. The number of likely N-dealkylation sites (tertiary alicyclic amines) is 1. The van der Waals surface area contributed by atoms with Gasteiger partial charge in [-0.15, -0.1) is 11.3 Å². The Balaban J connectivity index is 0.000000321. The highest BCUT2D eigenvalue weighted by Gasteiger charge is 2.42. The van der Waals surface area contributed by atoms with E-state index in [2.05, 4.69) is 19.0 Å². The van der Waals surface area contributed by atoms with Gasteiger partial charge in [0.25, 0.3) is 5.91 Å². The second kappa shape index (κ2) is 9.03. The maximum atomic E-state index is 12.6. The fourth-order valence-corrected chi connectivity index (χ4v) is 4.04. The van der Waals surface area contributed by atoms with Crippen LogP contribution in [0.15, 0.2) is 17.5 Å². The van der Waals surface area contributed by atoms with Crippen molar-refractivity contribution in [2.75, 3.05) is 33.8 Å². The lowest BCUT2D eigenvalue weighted by Gasteiger charge is -2.47. The first-order valence-electron chi connectivity index (χ1n) is 8.52. The minimum absolute atomic E-state index is 0.177. The summed E-state index contributed by atoms with van der Waals surface area (Å²) < 4.78 is 37.7. The molecule has 2 fully saturated rings. The number of rotatable bonds is 2. The Labute approximate surface area is 159 Å². The molecule has 3 heterocycles. The van der Waals surface area contributed by atoms with E-state index < -0.39 is 12.1 Å². The summed E-state index contributed by atoms with van der Waals surface area (Å²) in [7, 11) is 4.16. The average molecular weight is 408 g/mol. The molecule has 0 radical (unpaired) electrons. The van der Waals surface area contributed by atoms with Crippen LogP contribution in [0.3, 0.4) is 0 Å². The second-order valence-corrected chi connectivity index (χ2v) is 7.71. The van der Waals surface area contributed by atoms with Crippen molar-refractivity contribution >= 4 is 23.2 Å². The third-order valence-corrected chi connectivity index (χ3v) is 5.52. The van der Waals surface area contributed by atoms with Gasteiger partial charge in [-0.1, -0.05) is 6.07 Å². The van der Waals surface area contributed by atoms with Crippen LogP contribution in [0, 0.1) is 5.92 Å². The number of thiophene rings is 1. The number of nitrogens with zero attached hydrogens (tertiary/aromatic N) is 2. The molecule has 1 N–H and O–H groups in total. The quantitative estimate of drug-likeness (QED) is 0.815. The zero-order chi connectivity index (χ0) is 20.2. The molecule has 2 aliphatic heterocycles. The Morgan fingerprint density at radius 2 is 2.00 bits per heavy atom. The van der Waals surface area contributed by atoms with Crippen LogP contribution in [0.4, 0.5) is 13.2 Å². The number of halogens is 3. The van der Waals surface area contributed by atoms with Gasteiger partial charge in [-0.2, -0.15) is 13.2 Å². The molecule has 0 aromatic carbocycles. The lowest BCUT2D eigenvalue weighted by Crippen LogP contribution is -2.60. The normalized spacial score (nSPS) is 25.4. The molecule has 2 aliphatic rings. The zero-order valence-corrected chi connectivity index (χ0v) is 15.9. The molecule has 1 amide bonds. The molecule has 0 aliphatic carbocycles. The van der Waals surface area contributed by atoms with Gasteiger partial charge in [0, 0.05) is 25.6 Å². The van der Waals surface area contributed by atoms with Gasteiger partial charge < -0.3 is 19.6 Å². The van der Waals surface area contributed by atoms with E-state index in [0.717, 1.165) is 31.0 Å². The number of carbonyl (C=O) groups is 2. The lowest BCUT2D eigenvalue weighted by atomic mass is 9.85.